The van der Waals surface area contributed by atoms with Crippen LogP contribution in [0.1, 0.15) is 70.8 Å². The molecule has 0 N–H and O–H groups in total. The van der Waals surface area contributed by atoms with E-state index in [1.54, 1.807) is 18.2 Å². The van der Waals surface area contributed by atoms with Crippen molar-refractivity contribution in [2.24, 2.45) is 0 Å². The molecule has 0 fully saturated rings. The second kappa shape index (κ2) is 21.2. The van der Waals surface area contributed by atoms with Crippen molar-refractivity contribution in [2.45, 2.75) is 71.8 Å². The lowest BCUT2D eigenvalue weighted by Crippen LogP contribution is -2.07. The summed E-state index contributed by atoms with van der Waals surface area (Å²) in [4.78, 5) is 23.1. The average molecular weight is 477 g/mol. The molecule has 0 amide bonds. The van der Waals surface area contributed by atoms with E-state index in [-0.39, 0.29) is 12.6 Å². The van der Waals surface area contributed by atoms with Crippen LogP contribution < -0.4 is 4.74 Å². The molecule has 0 saturated carbocycles. The summed E-state index contributed by atoms with van der Waals surface area (Å²) in [5, 5.41) is 0. The summed E-state index contributed by atoms with van der Waals surface area (Å²) in [5.41, 5.74) is 0.671. The van der Waals surface area contributed by atoms with Gasteiger partial charge in [0.2, 0.25) is 0 Å². The second-order valence-corrected chi connectivity index (χ2v) is 7.82. The Bertz CT molecular complexity index is 900. The predicted molar refractivity (Wildman–Crippen MR) is 145 cm³/mol. The van der Waals surface area contributed by atoms with E-state index in [1.165, 1.54) is 6.92 Å². The molecular weight excluding hydrogens is 436 g/mol. The van der Waals surface area contributed by atoms with Crippen LogP contribution in [0.2, 0.25) is 0 Å². The molecule has 4 nitrogen and oxygen atoms in total. The van der Waals surface area contributed by atoms with Gasteiger partial charge in [0.15, 0.2) is 0 Å². The highest BCUT2D eigenvalue weighted by molar-refractivity contribution is 5.70. The topological polar surface area (TPSA) is 52.6 Å². The molecule has 1 aromatic rings. The summed E-state index contributed by atoms with van der Waals surface area (Å²) in [6.45, 7) is 3.58. The molecule has 0 aliphatic carbocycles. The molecule has 1 aromatic carbocycles. The zero-order valence-electron chi connectivity index (χ0n) is 21.2. The van der Waals surface area contributed by atoms with Crippen molar-refractivity contribution in [3.8, 4) is 5.75 Å². The van der Waals surface area contributed by atoms with E-state index in [4.69, 9.17) is 9.47 Å². The van der Waals surface area contributed by atoms with Crippen molar-refractivity contribution in [3.05, 3.63) is 103 Å². The number of allylic oxidation sites excluding steroid dienone is 12. The fourth-order valence-electron chi connectivity index (χ4n) is 2.95. The van der Waals surface area contributed by atoms with Gasteiger partial charge in [0.1, 0.15) is 12.4 Å². The molecule has 0 aromatic heterocycles. The van der Waals surface area contributed by atoms with E-state index in [0.717, 1.165) is 38.5 Å². The number of para-hydroxylation sites is 1. The average Bonchev–Trinajstić information content (AvgIpc) is 2.84. The van der Waals surface area contributed by atoms with Crippen molar-refractivity contribution in [2.75, 3.05) is 0 Å². The van der Waals surface area contributed by atoms with Crippen LogP contribution in [0.4, 0.5) is 0 Å². The zero-order chi connectivity index (χ0) is 25.4. The maximum atomic E-state index is 11.9. The first-order valence-corrected chi connectivity index (χ1v) is 12.4. The molecule has 0 radical (unpaired) electrons. The van der Waals surface area contributed by atoms with Crippen molar-refractivity contribution < 1.29 is 19.1 Å². The zero-order valence-corrected chi connectivity index (χ0v) is 21.2. The van der Waals surface area contributed by atoms with E-state index in [2.05, 4.69) is 73.8 Å². The highest BCUT2D eigenvalue weighted by Crippen LogP contribution is 2.19. The summed E-state index contributed by atoms with van der Waals surface area (Å²) in [7, 11) is 0. The van der Waals surface area contributed by atoms with Crippen molar-refractivity contribution in [3.63, 3.8) is 0 Å². The third-order valence-electron chi connectivity index (χ3n) is 4.73. The molecular formula is C31H40O4. The fraction of sp³-hybridized carbons (Fsp3) is 0.355. The lowest BCUT2D eigenvalue weighted by atomic mass is 10.2. The number of carbonyl (C=O) groups is 2. The van der Waals surface area contributed by atoms with Crippen LogP contribution >= 0.6 is 0 Å². The number of esters is 2. The van der Waals surface area contributed by atoms with Gasteiger partial charge in [0.05, 0.1) is 0 Å². The van der Waals surface area contributed by atoms with Gasteiger partial charge in [0, 0.05) is 18.9 Å². The third kappa shape index (κ3) is 17.7. The number of hydrogen-bond acceptors (Lipinski definition) is 4. The summed E-state index contributed by atoms with van der Waals surface area (Å²) in [6.07, 6.45) is 32.6. The second-order valence-electron chi connectivity index (χ2n) is 7.82. The largest absolute Gasteiger partial charge is 0.461 e. The smallest absolute Gasteiger partial charge is 0.308 e. The van der Waals surface area contributed by atoms with Crippen molar-refractivity contribution >= 4 is 11.9 Å². The Kier molecular flexibility index (Phi) is 17.9. The van der Waals surface area contributed by atoms with E-state index >= 15 is 0 Å². The van der Waals surface area contributed by atoms with Gasteiger partial charge < -0.3 is 9.47 Å². The van der Waals surface area contributed by atoms with Crippen LogP contribution in [-0.4, -0.2) is 11.9 Å². The van der Waals surface area contributed by atoms with E-state index < -0.39 is 5.97 Å². The fourth-order valence-corrected chi connectivity index (χ4v) is 2.95. The molecule has 0 atom stereocenters. The van der Waals surface area contributed by atoms with Gasteiger partial charge in [0.25, 0.3) is 0 Å². The molecule has 0 unspecified atom stereocenters. The van der Waals surface area contributed by atoms with Crippen LogP contribution in [0.3, 0.4) is 0 Å². The first kappa shape index (κ1) is 29.6. The van der Waals surface area contributed by atoms with Crippen LogP contribution in [0.15, 0.2) is 97.2 Å². The van der Waals surface area contributed by atoms with E-state index in [1.807, 2.05) is 12.1 Å². The SMILES string of the molecule is CCC=CCC=CCC=CCC=CCC=CCC=CCCC(=O)OCc1ccccc1OC(C)=O. The van der Waals surface area contributed by atoms with Crippen LogP contribution in [-0.2, 0) is 20.9 Å². The highest BCUT2D eigenvalue weighted by atomic mass is 16.5. The molecule has 1 rings (SSSR count). The lowest BCUT2D eigenvalue weighted by molar-refractivity contribution is -0.144. The highest BCUT2D eigenvalue weighted by Gasteiger charge is 2.08. The molecule has 0 bridgehead atoms. The maximum absolute atomic E-state index is 11.9. The molecule has 188 valence electrons. The van der Waals surface area contributed by atoms with Gasteiger partial charge in [-0.2, -0.15) is 0 Å². The van der Waals surface area contributed by atoms with Crippen LogP contribution in [0, 0.1) is 0 Å². The third-order valence-corrected chi connectivity index (χ3v) is 4.73. The molecule has 0 spiro atoms. The van der Waals surface area contributed by atoms with Gasteiger partial charge in [-0.15, -0.1) is 0 Å². The summed E-state index contributed by atoms with van der Waals surface area (Å²) in [6, 6.07) is 7.04. The van der Waals surface area contributed by atoms with E-state index in [9.17, 15) is 9.59 Å². The minimum Gasteiger partial charge on any atom is -0.461 e. The monoisotopic (exact) mass is 476 g/mol. The Morgan fingerprint density at radius 2 is 1.20 bits per heavy atom. The Morgan fingerprint density at radius 3 is 1.71 bits per heavy atom. The van der Waals surface area contributed by atoms with Gasteiger partial charge in [-0.1, -0.05) is 98.0 Å². The van der Waals surface area contributed by atoms with Crippen LogP contribution in [0.25, 0.3) is 0 Å². The van der Waals surface area contributed by atoms with Crippen LogP contribution in [0.5, 0.6) is 5.75 Å². The number of carbonyl (C=O) groups excluding carboxylic acids is 2. The molecule has 0 aliphatic heterocycles. The minimum atomic E-state index is -0.401. The summed E-state index contributed by atoms with van der Waals surface area (Å²) < 4.78 is 10.4. The Morgan fingerprint density at radius 1 is 0.714 bits per heavy atom. The van der Waals surface area contributed by atoms with Crippen molar-refractivity contribution in [1.82, 2.24) is 0 Å². The number of ether oxygens (including phenoxy) is 2. The summed E-state index contributed by atoms with van der Waals surface area (Å²) in [5.74, 6) is -0.256. The standard InChI is InChI=1S/C31H40O4/c1-3-4-5-6-7-8-9-10-11-12-13-14-15-16-17-18-19-20-21-26-31(33)34-27-29-24-22-23-25-30(29)35-28(2)32/h4-5,7-8,10-11,13-14,16-17,19-20,22-25H,3,6,9,12,15,18,21,26-27H2,1-2H3. The molecule has 35 heavy (non-hydrogen) atoms. The Labute approximate surface area is 211 Å². The van der Waals surface area contributed by atoms with Gasteiger partial charge in [-0.3, -0.25) is 9.59 Å². The number of benzene rings is 1. The lowest BCUT2D eigenvalue weighted by Gasteiger charge is -2.09. The van der Waals surface area contributed by atoms with Crippen molar-refractivity contribution in [1.29, 1.82) is 0 Å². The van der Waals surface area contributed by atoms with Gasteiger partial charge in [-0.25, -0.2) is 0 Å². The maximum Gasteiger partial charge on any atom is 0.308 e. The quantitative estimate of drug-likeness (QED) is 0.129. The first-order valence-electron chi connectivity index (χ1n) is 12.4. The Hall–Kier alpha value is -3.40. The number of rotatable bonds is 17. The molecule has 0 aliphatic rings. The first-order chi connectivity index (χ1) is 17.1. The molecule has 0 saturated heterocycles. The summed E-state index contributed by atoms with van der Waals surface area (Å²) >= 11 is 0. The van der Waals surface area contributed by atoms with Gasteiger partial charge in [-0.05, 0) is 51.0 Å². The molecule has 4 heteroatoms. The minimum absolute atomic E-state index is 0.0893. The number of hydrogen-bond donors (Lipinski definition) is 0. The predicted octanol–water partition coefficient (Wildman–Crippen LogP) is 8.13. The van der Waals surface area contributed by atoms with Gasteiger partial charge >= 0.3 is 11.9 Å². The molecule has 0 heterocycles. The Balaban J connectivity index is 2.08. The normalized spacial score (nSPS) is 12.3. The van der Waals surface area contributed by atoms with E-state index in [0.29, 0.717) is 24.2 Å².